The molecule has 1 saturated carbocycles. The molecule has 2 fully saturated rings. The molecule has 2 atom stereocenters. The number of nitriles is 1. The van der Waals surface area contributed by atoms with Crippen LogP contribution >= 0.6 is 0 Å². The molecule has 1 aliphatic carbocycles. The van der Waals surface area contributed by atoms with Crippen LogP contribution in [0.25, 0.3) is 0 Å². The van der Waals surface area contributed by atoms with Gasteiger partial charge in [0.2, 0.25) is 10.0 Å². The summed E-state index contributed by atoms with van der Waals surface area (Å²) in [6.45, 7) is 3.68. The van der Waals surface area contributed by atoms with Crippen LogP contribution in [0, 0.1) is 23.2 Å². The highest BCUT2D eigenvalue weighted by molar-refractivity contribution is 7.89. The van der Waals surface area contributed by atoms with E-state index in [0.717, 1.165) is 51.1 Å². The molecule has 2 bridgehead atoms. The van der Waals surface area contributed by atoms with Gasteiger partial charge in [0.25, 0.3) is 0 Å². The number of nitrogens with zero attached hydrogens (tertiary/aromatic N) is 3. The van der Waals surface area contributed by atoms with E-state index >= 15 is 0 Å². The van der Waals surface area contributed by atoms with Crippen LogP contribution in [0.15, 0.2) is 47.4 Å². The van der Waals surface area contributed by atoms with Crippen molar-refractivity contribution in [2.45, 2.75) is 30.2 Å². The lowest BCUT2D eigenvalue weighted by atomic mass is 9.92. The van der Waals surface area contributed by atoms with Crippen molar-refractivity contribution in [2.75, 3.05) is 52.8 Å². The molecular formula is C26H34N4O4S. The molecule has 1 saturated heterocycles. The van der Waals surface area contributed by atoms with E-state index < -0.39 is 10.0 Å². The van der Waals surface area contributed by atoms with Gasteiger partial charge in [0.05, 0.1) is 30.7 Å². The van der Waals surface area contributed by atoms with E-state index in [1.807, 2.05) is 24.3 Å². The van der Waals surface area contributed by atoms with Gasteiger partial charge in [-0.3, -0.25) is 0 Å². The zero-order valence-corrected chi connectivity index (χ0v) is 21.4. The number of piperidine rings is 1. The Labute approximate surface area is 208 Å². The molecule has 188 valence electrons. The average molecular weight is 499 g/mol. The molecule has 2 unspecified atom stereocenters. The van der Waals surface area contributed by atoms with Crippen LogP contribution in [0.4, 0.5) is 5.69 Å². The molecule has 1 N–H and O–H groups in total. The fourth-order valence-corrected chi connectivity index (χ4v) is 7.06. The van der Waals surface area contributed by atoms with E-state index in [1.165, 1.54) is 14.2 Å². The van der Waals surface area contributed by atoms with Gasteiger partial charge < -0.3 is 19.7 Å². The third-order valence-electron chi connectivity index (χ3n) is 7.31. The van der Waals surface area contributed by atoms with Crippen LogP contribution in [-0.4, -0.2) is 71.1 Å². The molecule has 2 aliphatic rings. The Balaban J connectivity index is 1.33. The summed E-state index contributed by atoms with van der Waals surface area (Å²) in [4.78, 5) is 2.71. The van der Waals surface area contributed by atoms with E-state index in [9.17, 15) is 8.42 Å². The maximum absolute atomic E-state index is 13.5. The molecule has 2 aromatic carbocycles. The van der Waals surface area contributed by atoms with Gasteiger partial charge in [0.15, 0.2) is 11.5 Å². The smallest absolute Gasteiger partial charge is 0.243 e. The molecular weight excluding hydrogens is 464 g/mol. The van der Waals surface area contributed by atoms with Gasteiger partial charge in [0, 0.05) is 44.5 Å². The monoisotopic (exact) mass is 498 g/mol. The highest BCUT2D eigenvalue weighted by Gasteiger charge is 2.47. The minimum absolute atomic E-state index is 0.0149. The topological polar surface area (TPSA) is 94.9 Å². The molecule has 0 spiro atoms. The minimum Gasteiger partial charge on any atom is -0.493 e. The molecule has 0 aromatic heterocycles. The first-order valence-corrected chi connectivity index (χ1v) is 13.5. The minimum atomic E-state index is -3.65. The molecule has 0 radical (unpaired) electrons. The number of hydrogen-bond acceptors (Lipinski definition) is 7. The van der Waals surface area contributed by atoms with E-state index in [2.05, 4.69) is 16.3 Å². The Kier molecular flexibility index (Phi) is 7.85. The quantitative estimate of drug-likeness (QED) is 0.502. The van der Waals surface area contributed by atoms with Crippen LogP contribution in [-0.2, 0) is 10.0 Å². The van der Waals surface area contributed by atoms with Crippen molar-refractivity contribution in [2.24, 2.45) is 11.8 Å². The van der Waals surface area contributed by atoms with Crippen molar-refractivity contribution in [3.8, 4) is 17.6 Å². The first kappa shape index (κ1) is 25.3. The summed E-state index contributed by atoms with van der Waals surface area (Å²) < 4.78 is 39.1. The molecule has 8 nitrogen and oxygen atoms in total. The van der Waals surface area contributed by atoms with Crippen molar-refractivity contribution in [3.05, 3.63) is 48.0 Å². The first-order valence-electron chi connectivity index (χ1n) is 12.0. The van der Waals surface area contributed by atoms with Crippen molar-refractivity contribution >= 4 is 15.7 Å². The van der Waals surface area contributed by atoms with E-state index in [1.54, 1.807) is 29.6 Å². The van der Waals surface area contributed by atoms with Crippen molar-refractivity contribution in [3.63, 3.8) is 0 Å². The third-order valence-corrected chi connectivity index (χ3v) is 9.16. The number of nitrogens with one attached hydrogen (secondary N) is 1. The van der Waals surface area contributed by atoms with Crippen molar-refractivity contribution in [1.29, 1.82) is 5.26 Å². The second-order valence-corrected chi connectivity index (χ2v) is 11.4. The van der Waals surface area contributed by atoms with Crippen LogP contribution in [0.5, 0.6) is 11.5 Å². The molecule has 4 rings (SSSR count). The Morgan fingerprint density at radius 3 is 2.31 bits per heavy atom. The Morgan fingerprint density at radius 2 is 1.71 bits per heavy atom. The number of rotatable bonds is 10. The number of likely N-dealkylation sites (tertiary alicyclic amines) is 1. The highest BCUT2D eigenvalue weighted by atomic mass is 32.2. The zero-order valence-electron chi connectivity index (χ0n) is 20.6. The average Bonchev–Trinajstić information content (AvgIpc) is 3.15. The first-order chi connectivity index (χ1) is 16.9. The lowest BCUT2D eigenvalue weighted by Gasteiger charge is -2.41. The van der Waals surface area contributed by atoms with Gasteiger partial charge in [-0.25, -0.2) is 8.42 Å². The predicted molar refractivity (Wildman–Crippen MR) is 135 cm³/mol. The molecule has 35 heavy (non-hydrogen) atoms. The number of anilines is 1. The molecule has 0 amide bonds. The lowest BCUT2D eigenvalue weighted by Crippen LogP contribution is -2.53. The molecule has 9 heteroatoms. The highest BCUT2D eigenvalue weighted by Crippen LogP contribution is 2.42. The van der Waals surface area contributed by atoms with E-state index in [4.69, 9.17) is 14.7 Å². The maximum Gasteiger partial charge on any atom is 0.243 e. The lowest BCUT2D eigenvalue weighted by molar-refractivity contribution is 0.0991. The second-order valence-electron chi connectivity index (χ2n) is 9.36. The van der Waals surface area contributed by atoms with Crippen molar-refractivity contribution < 1.29 is 17.9 Å². The van der Waals surface area contributed by atoms with Crippen LogP contribution in [0.3, 0.4) is 0 Å². The second kappa shape index (κ2) is 10.9. The summed E-state index contributed by atoms with van der Waals surface area (Å²) in [6.07, 6.45) is 3.12. The van der Waals surface area contributed by atoms with Crippen LogP contribution in [0.1, 0.15) is 24.8 Å². The SMILES string of the molecule is COc1ccc(S(=O)(=O)N(C)C2C3CCC2CN(CCCNc2ccc(C#N)cc2)C3)cc1OC. The summed E-state index contributed by atoms with van der Waals surface area (Å²) in [6, 6.07) is 14.4. The number of sulfonamides is 1. The number of benzene rings is 2. The fourth-order valence-electron chi connectivity index (χ4n) is 5.57. The molecule has 1 aliphatic heterocycles. The predicted octanol–water partition coefficient (Wildman–Crippen LogP) is 3.41. The Bertz CT molecular complexity index is 1150. The zero-order chi connectivity index (χ0) is 25.0. The summed E-state index contributed by atoms with van der Waals surface area (Å²) in [7, 11) is 1.12. The van der Waals surface area contributed by atoms with Gasteiger partial charge in [-0.15, -0.1) is 0 Å². The summed E-state index contributed by atoms with van der Waals surface area (Å²) in [5.74, 6) is 1.59. The largest absolute Gasteiger partial charge is 0.493 e. The fraction of sp³-hybridized carbons (Fsp3) is 0.500. The van der Waals surface area contributed by atoms with Gasteiger partial charge >= 0.3 is 0 Å². The maximum atomic E-state index is 13.5. The van der Waals surface area contributed by atoms with Crippen molar-refractivity contribution in [1.82, 2.24) is 9.21 Å². The summed E-state index contributed by atoms with van der Waals surface area (Å²) in [5, 5.41) is 12.3. The van der Waals surface area contributed by atoms with E-state index in [-0.39, 0.29) is 10.9 Å². The van der Waals surface area contributed by atoms with Gasteiger partial charge in [0.1, 0.15) is 0 Å². The Hall–Kier alpha value is -2.80. The molecule has 1 heterocycles. The van der Waals surface area contributed by atoms with Crippen LogP contribution in [0.2, 0.25) is 0 Å². The van der Waals surface area contributed by atoms with Gasteiger partial charge in [-0.2, -0.15) is 9.57 Å². The van der Waals surface area contributed by atoms with Crippen LogP contribution < -0.4 is 14.8 Å². The van der Waals surface area contributed by atoms with Gasteiger partial charge in [-0.1, -0.05) is 0 Å². The van der Waals surface area contributed by atoms with E-state index in [0.29, 0.717) is 28.9 Å². The summed E-state index contributed by atoms with van der Waals surface area (Å²) in [5.41, 5.74) is 1.68. The number of fused-ring (bicyclic) bond motifs is 2. The third kappa shape index (κ3) is 5.40. The standard InChI is InChI=1S/C26H34N4O4S/c1-29(35(31,32)23-11-12-24(33-2)25(15-23)34-3)26-20-7-8-21(26)18-30(17-20)14-4-13-28-22-9-5-19(16-27)6-10-22/h5-6,9-12,15,20-21,26,28H,4,7-8,13-14,17-18H2,1-3H3. The van der Waals surface area contributed by atoms with Gasteiger partial charge in [-0.05, 0) is 74.0 Å². The number of ether oxygens (including phenoxy) is 2. The Morgan fingerprint density at radius 1 is 1.06 bits per heavy atom. The normalized spacial score (nSPS) is 22.1. The molecule has 2 aromatic rings. The number of hydrogen-bond donors (Lipinski definition) is 1. The number of methoxy groups -OCH3 is 2. The summed E-state index contributed by atoms with van der Waals surface area (Å²) >= 11 is 0.